The van der Waals surface area contributed by atoms with Gasteiger partial charge in [-0.2, -0.15) is 0 Å². The Balaban J connectivity index is 0. The third-order valence-corrected chi connectivity index (χ3v) is 5.03. The number of rotatable bonds is 4. The van der Waals surface area contributed by atoms with E-state index in [0.717, 1.165) is 12.2 Å². The van der Waals surface area contributed by atoms with Crippen molar-refractivity contribution in [1.82, 2.24) is 0 Å². The second kappa shape index (κ2) is 8.44. The van der Waals surface area contributed by atoms with Gasteiger partial charge in [-0.05, 0) is 0 Å². The van der Waals surface area contributed by atoms with Crippen molar-refractivity contribution in [1.29, 1.82) is 0 Å². The van der Waals surface area contributed by atoms with Crippen LogP contribution >= 0.6 is 24.8 Å². The van der Waals surface area contributed by atoms with Crippen molar-refractivity contribution in [3.05, 3.63) is 35.9 Å². The second-order valence-electron chi connectivity index (χ2n) is 5.13. The normalized spacial score (nSPS) is 9.94. The van der Waals surface area contributed by atoms with Crippen molar-refractivity contribution in [2.75, 3.05) is 0 Å². The van der Waals surface area contributed by atoms with Gasteiger partial charge in [-0.1, -0.05) is 0 Å². The molecule has 1 nitrogen and oxygen atoms in total. The Kier molecular flexibility index (Phi) is 9.66. The molecule has 0 aliphatic rings. The topological polar surface area (TPSA) is 9.23 Å². The number of hydrogen-bond acceptors (Lipinski definition) is 1. The molecule has 101 valence electrons. The minimum absolute atomic E-state index is 0. The van der Waals surface area contributed by atoms with Gasteiger partial charge in [0.2, 0.25) is 0 Å². The van der Waals surface area contributed by atoms with Crippen LogP contribution in [0.3, 0.4) is 0 Å². The summed E-state index contributed by atoms with van der Waals surface area (Å²) in [4.78, 5) is 0. The van der Waals surface area contributed by atoms with Gasteiger partial charge in [0.05, 0.1) is 0 Å². The molecule has 0 aliphatic carbocycles. The van der Waals surface area contributed by atoms with Crippen LogP contribution in [-0.4, -0.2) is 8.07 Å². The first-order valence-corrected chi connectivity index (χ1v) is 9.62. The molecule has 0 aliphatic heterocycles. The van der Waals surface area contributed by atoms with E-state index in [-0.39, 0.29) is 24.8 Å². The summed E-state index contributed by atoms with van der Waals surface area (Å²) in [5.74, 6) is 1.01. The Morgan fingerprint density at radius 3 is 2.22 bits per heavy atom. The maximum atomic E-state index is 5.49. The van der Waals surface area contributed by atoms with E-state index < -0.39 is 8.07 Å². The van der Waals surface area contributed by atoms with Gasteiger partial charge in [0.15, 0.2) is 0 Å². The van der Waals surface area contributed by atoms with Gasteiger partial charge < -0.3 is 0 Å². The number of allylic oxidation sites excluding steroid dienone is 1. The van der Waals surface area contributed by atoms with Crippen LogP contribution in [0.2, 0.25) is 19.6 Å². The monoisotopic (exact) mass is 339 g/mol. The summed E-state index contributed by atoms with van der Waals surface area (Å²) in [7, 11) is -1.32. The minimum Gasteiger partial charge on any atom is -0.147 e. The standard InChI is InChI=1S/C13H20OSi.2ClH.Ti/c1-6-7-11-12(14)8-10(2)9-13(11)15(3,4)5;;;/h6,8-9,14H,1,7H2,2-5H3;2*1H;/q;;;+1/p-1. The minimum atomic E-state index is -1.32. The number of benzene rings is 1. The Hall–Kier alpha value is 0.271. The molecule has 0 unspecified atom stereocenters. The Labute approximate surface area is 136 Å². The van der Waals surface area contributed by atoms with Crippen molar-refractivity contribution in [3.8, 4) is 5.75 Å². The third-order valence-electron chi connectivity index (χ3n) is 2.62. The van der Waals surface area contributed by atoms with Crippen molar-refractivity contribution in [3.63, 3.8) is 0 Å². The fraction of sp³-hybridized carbons (Fsp3) is 0.385. The first-order valence-electron chi connectivity index (χ1n) is 5.48. The summed E-state index contributed by atoms with van der Waals surface area (Å²) in [6, 6.07) is 4.43. The van der Waals surface area contributed by atoms with E-state index in [1.165, 1.54) is 16.3 Å². The van der Waals surface area contributed by atoms with Crippen LogP contribution in [-0.2, 0) is 27.2 Å². The molecule has 0 amide bonds. The molecule has 0 bridgehead atoms. The predicted molar refractivity (Wildman–Crippen MR) is 83.2 cm³/mol. The smallest absolute Gasteiger partial charge is 0.147 e. The zero-order valence-electron chi connectivity index (χ0n) is 11.4. The fourth-order valence-corrected chi connectivity index (χ4v) is 3.97. The van der Waals surface area contributed by atoms with Crippen LogP contribution in [0.1, 0.15) is 11.1 Å². The average Bonchev–Trinajstić information content (AvgIpc) is 2.18. The molecule has 0 N–H and O–H groups in total. The molecule has 18 heavy (non-hydrogen) atoms. The van der Waals surface area contributed by atoms with Crippen molar-refractivity contribution in [2.45, 2.75) is 33.0 Å². The number of halogens is 2. The third kappa shape index (κ3) is 5.10. The molecule has 0 atom stereocenters. The maximum absolute atomic E-state index is 5.49. The van der Waals surface area contributed by atoms with E-state index in [2.05, 4.69) is 45.3 Å². The Morgan fingerprint density at radius 2 is 1.83 bits per heavy atom. The molecule has 0 heterocycles. The SMILES string of the molecule is C=CCc1c([O][Ti])cc(C)cc1[Si](C)(C)C.Cl.Cl. The molecular formula is C13H21Cl2OSiTi. The van der Waals surface area contributed by atoms with Gasteiger partial charge in [0.25, 0.3) is 0 Å². The van der Waals surface area contributed by atoms with Crippen LogP contribution < -0.4 is 8.51 Å². The first kappa shape index (κ1) is 20.6. The molecule has 0 saturated heterocycles. The van der Waals surface area contributed by atoms with Gasteiger partial charge in [-0.3, -0.25) is 0 Å². The summed E-state index contributed by atoms with van der Waals surface area (Å²) in [5, 5.41) is 1.49. The number of hydrogen-bond donors (Lipinski definition) is 0. The van der Waals surface area contributed by atoms with Crippen molar-refractivity contribution < 1.29 is 24.1 Å². The van der Waals surface area contributed by atoms with E-state index in [1.807, 2.05) is 6.08 Å². The van der Waals surface area contributed by atoms with E-state index in [0.29, 0.717) is 0 Å². The van der Waals surface area contributed by atoms with E-state index >= 15 is 0 Å². The van der Waals surface area contributed by atoms with Crippen LogP contribution in [0.15, 0.2) is 24.8 Å². The predicted octanol–water partition coefficient (Wildman–Crippen LogP) is 3.95. The summed E-state index contributed by atoms with van der Waals surface area (Å²) < 4.78 is 5.49. The van der Waals surface area contributed by atoms with E-state index in [4.69, 9.17) is 3.32 Å². The summed E-state index contributed by atoms with van der Waals surface area (Å²) in [5.41, 5.74) is 2.60. The van der Waals surface area contributed by atoms with Crippen LogP contribution in [0.4, 0.5) is 0 Å². The van der Waals surface area contributed by atoms with E-state index in [1.54, 1.807) is 20.8 Å². The van der Waals surface area contributed by atoms with Crippen molar-refractivity contribution in [2.24, 2.45) is 0 Å². The molecule has 1 aromatic carbocycles. The number of aryl methyl sites for hydroxylation is 1. The fourth-order valence-electron chi connectivity index (χ4n) is 1.90. The molecule has 1 rings (SSSR count). The van der Waals surface area contributed by atoms with Crippen LogP contribution in [0.5, 0.6) is 5.75 Å². The van der Waals surface area contributed by atoms with Gasteiger partial charge in [0, 0.05) is 0 Å². The van der Waals surface area contributed by atoms with Crippen LogP contribution in [0, 0.1) is 6.92 Å². The average molecular weight is 340 g/mol. The summed E-state index contributed by atoms with van der Waals surface area (Å²) in [6.07, 6.45) is 2.85. The maximum Gasteiger partial charge on any atom is -0.147 e. The quantitative estimate of drug-likeness (QED) is 0.596. The van der Waals surface area contributed by atoms with Crippen LogP contribution in [0.25, 0.3) is 0 Å². The zero-order chi connectivity index (χ0) is 12.3. The molecule has 0 spiro atoms. The first-order chi connectivity index (χ1) is 7.40. The van der Waals surface area contributed by atoms with Crippen molar-refractivity contribution >= 4 is 38.1 Å². The Morgan fingerprint density at radius 1 is 1.28 bits per heavy atom. The van der Waals surface area contributed by atoms with Gasteiger partial charge in [-0.15, -0.1) is 24.8 Å². The summed E-state index contributed by atoms with van der Waals surface area (Å²) in [6.45, 7) is 13.1. The Bertz CT molecular complexity index is 403. The molecule has 1 aromatic rings. The zero-order valence-corrected chi connectivity index (χ0v) is 15.6. The molecule has 0 aromatic heterocycles. The van der Waals surface area contributed by atoms with Gasteiger partial charge in [-0.25, -0.2) is 0 Å². The van der Waals surface area contributed by atoms with E-state index in [9.17, 15) is 0 Å². The van der Waals surface area contributed by atoms with Gasteiger partial charge >= 0.3 is 112 Å². The molecule has 0 fully saturated rings. The largest absolute Gasteiger partial charge is 0.147 e. The molecule has 5 heteroatoms. The summed E-state index contributed by atoms with van der Waals surface area (Å²) >= 11 is 1.75. The molecule has 0 saturated carbocycles. The van der Waals surface area contributed by atoms with Gasteiger partial charge in [0.1, 0.15) is 0 Å². The molecule has 0 radical (unpaired) electrons. The second-order valence-corrected chi connectivity index (χ2v) is 10.5. The molecular weight excluding hydrogens is 319 g/mol.